The topological polar surface area (TPSA) is 108 Å². The Labute approximate surface area is 246 Å². The first kappa shape index (κ1) is 28.1. The van der Waals surface area contributed by atoms with Crippen LogP contribution in [0, 0.1) is 25.7 Å². The van der Waals surface area contributed by atoms with E-state index in [0.29, 0.717) is 30.6 Å². The summed E-state index contributed by atoms with van der Waals surface area (Å²) >= 11 is 0. The van der Waals surface area contributed by atoms with Crippen molar-refractivity contribution >= 4 is 29.1 Å². The monoisotopic (exact) mass is 567 g/mol. The van der Waals surface area contributed by atoms with Crippen molar-refractivity contribution in [3.05, 3.63) is 95.6 Å². The lowest BCUT2D eigenvalue weighted by Crippen LogP contribution is -2.57. The van der Waals surface area contributed by atoms with E-state index in [1.165, 1.54) is 4.90 Å². The van der Waals surface area contributed by atoms with Gasteiger partial charge in [-0.15, -0.1) is 0 Å². The normalized spacial score (nSPS) is 28.4. The van der Waals surface area contributed by atoms with Gasteiger partial charge in [0.2, 0.25) is 17.7 Å². The number of carbonyl (C=O) groups is 3. The van der Waals surface area contributed by atoms with Crippen LogP contribution in [0.1, 0.15) is 36.5 Å². The highest BCUT2D eigenvalue weighted by atomic mass is 16.5. The van der Waals surface area contributed by atoms with Crippen molar-refractivity contribution in [2.24, 2.45) is 11.8 Å². The number of ether oxygens (including phenoxy) is 1. The first-order valence-corrected chi connectivity index (χ1v) is 14.6. The van der Waals surface area contributed by atoms with E-state index in [9.17, 15) is 19.5 Å². The van der Waals surface area contributed by atoms with Gasteiger partial charge in [0.25, 0.3) is 0 Å². The number of hydrogen-bond acceptors (Lipinski definition) is 5. The molecule has 3 amide bonds. The Morgan fingerprint density at radius 3 is 2.21 bits per heavy atom. The van der Waals surface area contributed by atoms with Crippen molar-refractivity contribution in [1.82, 2.24) is 4.90 Å². The lowest BCUT2D eigenvalue weighted by Gasteiger charge is -2.37. The number of benzene rings is 3. The molecule has 6 rings (SSSR count). The van der Waals surface area contributed by atoms with Gasteiger partial charge >= 0.3 is 0 Å². The van der Waals surface area contributed by atoms with E-state index in [1.54, 1.807) is 12.1 Å². The predicted octanol–water partition coefficient (Wildman–Crippen LogP) is 4.25. The van der Waals surface area contributed by atoms with Crippen LogP contribution >= 0.6 is 0 Å². The van der Waals surface area contributed by atoms with Gasteiger partial charge in [0.15, 0.2) is 0 Å². The van der Waals surface area contributed by atoms with Crippen molar-refractivity contribution in [2.75, 3.05) is 17.2 Å². The Morgan fingerprint density at radius 1 is 0.929 bits per heavy atom. The zero-order valence-corrected chi connectivity index (χ0v) is 24.2. The number of aliphatic hydroxyl groups is 1. The van der Waals surface area contributed by atoms with Crippen LogP contribution in [-0.2, 0) is 25.5 Å². The van der Waals surface area contributed by atoms with Gasteiger partial charge in [0.1, 0.15) is 11.6 Å². The first-order valence-electron chi connectivity index (χ1n) is 14.6. The number of amides is 3. The van der Waals surface area contributed by atoms with Crippen LogP contribution in [0.5, 0.6) is 0 Å². The van der Waals surface area contributed by atoms with Gasteiger partial charge in [-0.2, -0.15) is 0 Å². The predicted molar refractivity (Wildman–Crippen MR) is 160 cm³/mol. The number of likely N-dealkylation sites (tertiary alicyclic amines) is 1. The molecule has 3 aliphatic rings. The van der Waals surface area contributed by atoms with Crippen LogP contribution in [-0.4, -0.2) is 57.6 Å². The second kappa shape index (κ2) is 10.7. The zero-order chi connectivity index (χ0) is 29.6. The van der Waals surface area contributed by atoms with Crippen molar-refractivity contribution < 1.29 is 24.2 Å². The summed E-state index contributed by atoms with van der Waals surface area (Å²) in [5.41, 5.74) is 1.96. The Kier molecular flexibility index (Phi) is 7.15. The minimum atomic E-state index is -1.20. The molecule has 3 saturated heterocycles. The van der Waals surface area contributed by atoms with E-state index < -0.39 is 35.1 Å². The summed E-state index contributed by atoms with van der Waals surface area (Å²) in [7, 11) is 0. The molecule has 2 unspecified atom stereocenters. The van der Waals surface area contributed by atoms with Gasteiger partial charge in [-0.1, -0.05) is 66.7 Å². The Balaban J connectivity index is 1.41. The molecule has 3 heterocycles. The first-order chi connectivity index (χ1) is 20.2. The molecule has 8 heteroatoms. The molecule has 1 spiro atoms. The molecular formula is C34H37N3O5. The lowest BCUT2D eigenvalue weighted by atomic mass is 9.66. The van der Waals surface area contributed by atoms with Crippen molar-refractivity contribution in [2.45, 2.75) is 63.3 Å². The summed E-state index contributed by atoms with van der Waals surface area (Å²) in [4.78, 5) is 44.3. The third kappa shape index (κ3) is 4.50. The van der Waals surface area contributed by atoms with Crippen molar-refractivity contribution in [3.8, 4) is 0 Å². The summed E-state index contributed by atoms with van der Waals surface area (Å²) in [6.45, 7) is 5.39. The maximum atomic E-state index is 14.5. The van der Waals surface area contributed by atoms with Crippen LogP contribution in [0.25, 0.3) is 0 Å². The Hall–Kier alpha value is -4.01. The molecule has 42 heavy (non-hydrogen) atoms. The number of hydrogen-bond donors (Lipinski definition) is 3. The second-order valence-electron chi connectivity index (χ2n) is 12.1. The van der Waals surface area contributed by atoms with Crippen LogP contribution in [0.3, 0.4) is 0 Å². The number of aryl methyl sites for hydroxylation is 2. The average Bonchev–Trinajstić information content (AvgIpc) is 3.55. The third-order valence-electron chi connectivity index (χ3n) is 9.43. The number of nitrogens with one attached hydrogen (secondary N) is 2. The van der Waals surface area contributed by atoms with Gasteiger partial charge in [-0.3, -0.25) is 14.4 Å². The number of aliphatic hydroxyl groups excluding tert-OH is 1. The van der Waals surface area contributed by atoms with E-state index in [2.05, 4.69) is 10.6 Å². The van der Waals surface area contributed by atoms with Crippen molar-refractivity contribution in [3.63, 3.8) is 0 Å². The van der Waals surface area contributed by atoms with E-state index in [-0.39, 0.29) is 24.3 Å². The number of para-hydroxylation sites is 2. The van der Waals surface area contributed by atoms with Gasteiger partial charge in [0.05, 0.1) is 30.1 Å². The SMILES string of the molecule is Cc1cccc(C)c1NC(=O)C1N([C@@H](CO)Cc2ccccc2)C(=O)[C@@H]2[C@@H](C(=O)Nc3ccccc3)[C@@]3(C)CCC12O3. The van der Waals surface area contributed by atoms with Crippen molar-refractivity contribution in [1.29, 1.82) is 0 Å². The Bertz CT molecular complexity index is 1490. The fraction of sp³-hybridized carbons (Fsp3) is 0.382. The molecule has 0 aliphatic carbocycles. The smallest absolute Gasteiger partial charge is 0.250 e. The summed E-state index contributed by atoms with van der Waals surface area (Å²) in [6.07, 6.45) is 1.35. The number of anilines is 2. The molecule has 2 bridgehead atoms. The molecule has 3 aromatic carbocycles. The molecule has 6 atom stereocenters. The highest BCUT2D eigenvalue weighted by molar-refractivity contribution is 6.05. The summed E-state index contributed by atoms with van der Waals surface area (Å²) < 4.78 is 6.75. The summed E-state index contributed by atoms with van der Waals surface area (Å²) in [5.74, 6) is -2.66. The molecule has 3 fully saturated rings. The second-order valence-corrected chi connectivity index (χ2v) is 12.1. The largest absolute Gasteiger partial charge is 0.394 e. The maximum absolute atomic E-state index is 14.5. The molecule has 0 saturated carbocycles. The van der Waals surface area contributed by atoms with E-state index in [1.807, 2.05) is 87.5 Å². The minimum absolute atomic E-state index is 0.303. The fourth-order valence-electron chi connectivity index (χ4n) is 7.54. The van der Waals surface area contributed by atoms with E-state index in [0.717, 1.165) is 16.7 Å². The van der Waals surface area contributed by atoms with Crippen LogP contribution in [0.4, 0.5) is 11.4 Å². The van der Waals surface area contributed by atoms with Gasteiger partial charge in [-0.05, 0) is 68.9 Å². The molecule has 218 valence electrons. The molecular weight excluding hydrogens is 530 g/mol. The number of carbonyl (C=O) groups excluding carboxylic acids is 3. The summed E-state index contributed by atoms with van der Waals surface area (Å²) in [6, 6.07) is 22.8. The zero-order valence-electron chi connectivity index (χ0n) is 24.2. The number of nitrogens with zero attached hydrogens (tertiary/aromatic N) is 1. The lowest BCUT2D eigenvalue weighted by molar-refractivity contribution is -0.146. The minimum Gasteiger partial charge on any atom is -0.394 e. The highest BCUT2D eigenvalue weighted by Gasteiger charge is 2.78. The average molecular weight is 568 g/mol. The molecule has 8 nitrogen and oxygen atoms in total. The van der Waals surface area contributed by atoms with Gasteiger partial charge < -0.3 is 25.4 Å². The van der Waals surface area contributed by atoms with Gasteiger partial charge in [0, 0.05) is 11.4 Å². The van der Waals surface area contributed by atoms with Crippen LogP contribution in [0.15, 0.2) is 78.9 Å². The molecule has 3 aliphatic heterocycles. The molecule has 0 radical (unpaired) electrons. The van der Waals surface area contributed by atoms with Crippen LogP contribution < -0.4 is 10.6 Å². The fourth-order valence-corrected chi connectivity index (χ4v) is 7.54. The quantitative estimate of drug-likeness (QED) is 0.377. The molecule has 3 aromatic rings. The van der Waals surface area contributed by atoms with E-state index >= 15 is 0 Å². The number of fused-ring (bicyclic) bond motifs is 1. The third-order valence-corrected chi connectivity index (χ3v) is 9.43. The van der Waals surface area contributed by atoms with E-state index in [4.69, 9.17) is 4.74 Å². The molecule has 0 aromatic heterocycles. The number of rotatable bonds is 8. The highest BCUT2D eigenvalue weighted by Crippen LogP contribution is 2.63. The standard InChI is InChI=1S/C34H37N3O5/c1-21-11-10-12-22(2)28(21)36-31(40)29-34-18-17-33(3,42-34)26(30(39)35-24-15-8-5-9-16-24)27(34)32(41)37(29)25(20-38)19-23-13-6-4-7-14-23/h4-16,25-27,29,38H,17-20H2,1-3H3,(H,35,39)(H,36,40)/t25-,26+,27+,29?,33-,34?/m1/s1. The summed E-state index contributed by atoms with van der Waals surface area (Å²) in [5, 5.41) is 16.7. The van der Waals surface area contributed by atoms with Crippen LogP contribution in [0.2, 0.25) is 0 Å². The Morgan fingerprint density at radius 2 is 1.57 bits per heavy atom. The van der Waals surface area contributed by atoms with Gasteiger partial charge in [-0.25, -0.2) is 0 Å². The molecule has 3 N–H and O–H groups in total. The maximum Gasteiger partial charge on any atom is 0.250 e.